The number of nitrogens with one attached hydrogen (secondary N) is 2. The van der Waals surface area contributed by atoms with Crippen LogP contribution in [0.2, 0.25) is 0 Å². The maximum atomic E-state index is 13.1. The number of fused-ring (bicyclic) bond motifs is 1. The number of likely N-dealkylation sites (tertiary alicyclic amines) is 1. The molecule has 6 heteroatoms. The topological polar surface area (TPSA) is 69.6 Å². The summed E-state index contributed by atoms with van der Waals surface area (Å²) in [4.78, 5) is 24.6. The zero-order valence-corrected chi connectivity index (χ0v) is 17.5. The van der Waals surface area contributed by atoms with Gasteiger partial charge < -0.3 is 10.2 Å². The van der Waals surface area contributed by atoms with Crippen molar-refractivity contribution in [2.24, 2.45) is 4.99 Å². The summed E-state index contributed by atoms with van der Waals surface area (Å²) >= 11 is 0. The molecule has 6 nitrogen and oxygen atoms in total. The van der Waals surface area contributed by atoms with Gasteiger partial charge in [-0.3, -0.25) is 20.1 Å². The van der Waals surface area contributed by atoms with Crippen molar-refractivity contribution < 1.29 is 4.79 Å². The average molecular weight is 404 g/mol. The number of amides is 1. The number of hydrogen-bond donors (Lipinski definition) is 2. The third-order valence-electron chi connectivity index (χ3n) is 6.69. The molecule has 1 saturated heterocycles. The van der Waals surface area contributed by atoms with Crippen molar-refractivity contribution in [1.29, 1.82) is 0 Å². The van der Waals surface area contributed by atoms with Gasteiger partial charge in [-0.2, -0.15) is 0 Å². The number of hydrogen-bond acceptors (Lipinski definition) is 4. The third kappa shape index (κ3) is 3.60. The quantitative estimate of drug-likeness (QED) is 0.805. The first-order valence-corrected chi connectivity index (χ1v) is 11.0. The van der Waals surface area contributed by atoms with Crippen molar-refractivity contribution in [1.82, 2.24) is 15.2 Å². The van der Waals surface area contributed by atoms with Gasteiger partial charge in [-0.15, -0.1) is 0 Å². The molecule has 5 rings (SSSR count). The highest BCUT2D eigenvalue weighted by atomic mass is 16.2. The van der Waals surface area contributed by atoms with Crippen LogP contribution in [0.25, 0.3) is 0 Å². The second kappa shape index (κ2) is 7.84. The molecule has 1 aliphatic carbocycles. The number of nitrogens with zero attached hydrogens (tertiary/aromatic N) is 3. The third-order valence-corrected chi connectivity index (χ3v) is 6.69. The fraction of sp³-hybridized carbons (Fsp3) is 0.458. The van der Waals surface area contributed by atoms with E-state index in [1.165, 1.54) is 18.4 Å². The van der Waals surface area contributed by atoms with Gasteiger partial charge in [0.25, 0.3) is 5.91 Å². The van der Waals surface area contributed by atoms with Gasteiger partial charge in [0.15, 0.2) is 0 Å². The fourth-order valence-corrected chi connectivity index (χ4v) is 4.86. The fourth-order valence-electron chi connectivity index (χ4n) is 4.86. The van der Waals surface area contributed by atoms with E-state index in [-0.39, 0.29) is 11.4 Å². The van der Waals surface area contributed by atoms with Gasteiger partial charge in [0.05, 0.1) is 17.1 Å². The number of anilines is 1. The Balaban J connectivity index is 1.44. The Labute approximate surface area is 177 Å². The molecule has 30 heavy (non-hydrogen) atoms. The van der Waals surface area contributed by atoms with Gasteiger partial charge >= 0.3 is 0 Å². The van der Waals surface area contributed by atoms with Gasteiger partial charge in [-0.1, -0.05) is 31.0 Å². The zero-order valence-electron chi connectivity index (χ0n) is 17.5. The molecule has 1 saturated carbocycles. The number of carbonyl (C=O) groups excluding carboxylic acids is 1. The number of aromatic nitrogens is 1. The Kier molecular flexibility index (Phi) is 5.03. The van der Waals surface area contributed by atoms with E-state index in [1.54, 1.807) is 6.20 Å². The molecule has 3 heterocycles. The standard InChI is InChI=1S/C24H29N5O/c1-17-10-11-19(14-25-17)22(30)29-13-12-24(16-29)23(27-20-7-3-4-8-20)28-21-9-5-2-6-18(21)15-26-24/h2,5-6,9-11,14,20,26H,3-4,7-8,12-13,15-16H2,1H3,(H,27,28)/t24-/m0/s1. The number of aryl methyl sites for hydroxylation is 1. The van der Waals surface area contributed by atoms with E-state index in [9.17, 15) is 4.79 Å². The largest absolute Gasteiger partial charge is 0.342 e. The van der Waals surface area contributed by atoms with Gasteiger partial charge in [0.2, 0.25) is 0 Å². The molecule has 1 spiro atoms. The summed E-state index contributed by atoms with van der Waals surface area (Å²) in [5.74, 6) is 1.04. The van der Waals surface area contributed by atoms with Crippen LogP contribution in [-0.2, 0) is 6.54 Å². The van der Waals surface area contributed by atoms with Crippen LogP contribution in [0, 0.1) is 6.92 Å². The smallest absolute Gasteiger partial charge is 0.255 e. The van der Waals surface area contributed by atoms with Crippen LogP contribution in [0.1, 0.15) is 53.7 Å². The minimum atomic E-state index is -0.338. The van der Waals surface area contributed by atoms with Gasteiger partial charge in [0, 0.05) is 37.2 Å². The normalized spacial score (nSPS) is 25.4. The van der Waals surface area contributed by atoms with Crippen LogP contribution < -0.4 is 10.6 Å². The minimum absolute atomic E-state index is 0.0446. The second-order valence-electron chi connectivity index (χ2n) is 8.80. The van der Waals surface area contributed by atoms with Crippen LogP contribution in [0.3, 0.4) is 0 Å². The molecule has 1 amide bonds. The molecule has 0 bridgehead atoms. The number of benzene rings is 1. The van der Waals surface area contributed by atoms with Crippen molar-refractivity contribution in [2.45, 2.75) is 57.2 Å². The molecule has 2 fully saturated rings. The summed E-state index contributed by atoms with van der Waals surface area (Å²) in [6.07, 6.45) is 7.35. The minimum Gasteiger partial charge on any atom is -0.342 e. The molecule has 3 aliphatic rings. The summed E-state index contributed by atoms with van der Waals surface area (Å²) < 4.78 is 0. The van der Waals surface area contributed by atoms with Crippen molar-refractivity contribution in [3.8, 4) is 0 Å². The zero-order chi connectivity index (χ0) is 20.6. The highest BCUT2D eigenvalue weighted by molar-refractivity contribution is 6.05. The molecule has 0 radical (unpaired) electrons. The van der Waals surface area contributed by atoms with Crippen LogP contribution in [-0.4, -0.2) is 46.3 Å². The average Bonchev–Trinajstić information content (AvgIpc) is 3.40. The lowest BCUT2D eigenvalue weighted by Gasteiger charge is -2.31. The summed E-state index contributed by atoms with van der Waals surface area (Å²) in [6.45, 7) is 4.03. The number of pyridine rings is 1. The van der Waals surface area contributed by atoms with Gasteiger partial charge in [-0.25, -0.2) is 0 Å². The van der Waals surface area contributed by atoms with E-state index >= 15 is 0 Å². The molecular formula is C24H29N5O. The van der Waals surface area contributed by atoms with Crippen LogP contribution in [0.5, 0.6) is 0 Å². The maximum absolute atomic E-state index is 13.1. The monoisotopic (exact) mass is 403 g/mol. The molecule has 2 aliphatic heterocycles. The Morgan fingerprint density at radius 3 is 2.83 bits per heavy atom. The number of carbonyl (C=O) groups is 1. The lowest BCUT2D eigenvalue weighted by Crippen LogP contribution is -2.55. The first-order valence-electron chi connectivity index (χ1n) is 11.0. The first kappa shape index (κ1) is 19.2. The molecular weight excluding hydrogens is 374 g/mol. The highest BCUT2D eigenvalue weighted by Crippen LogP contribution is 2.32. The van der Waals surface area contributed by atoms with E-state index in [0.29, 0.717) is 24.7 Å². The maximum Gasteiger partial charge on any atom is 0.255 e. The molecule has 1 atom stereocenters. The van der Waals surface area contributed by atoms with E-state index in [0.717, 1.165) is 43.0 Å². The number of aliphatic imine (C=N–C) groups is 1. The molecule has 1 aromatic heterocycles. The van der Waals surface area contributed by atoms with E-state index in [4.69, 9.17) is 4.99 Å². The first-order chi connectivity index (χ1) is 14.6. The summed E-state index contributed by atoms with van der Waals surface area (Å²) in [6, 6.07) is 12.6. The molecule has 2 aromatic rings. The Bertz CT molecular complexity index is 964. The van der Waals surface area contributed by atoms with Gasteiger partial charge in [-0.05, 0) is 49.9 Å². The molecule has 1 aromatic carbocycles. The Morgan fingerprint density at radius 1 is 1.20 bits per heavy atom. The predicted octanol–water partition coefficient (Wildman–Crippen LogP) is 3.53. The van der Waals surface area contributed by atoms with Crippen molar-refractivity contribution in [2.75, 3.05) is 18.4 Å². The van der Waals surface area contributed by atoms with E-state index in [1.807, 2.05) is 24.0 Å². The lowest BCUT2D eigenvalue weighted by molar-refractivity contribution is 0.0785. The number of para-hydroxylation sites is 1. The second-order valence-corrected chi connectivity index (χ2v) is 8.80. The predicted molar refractivity (Wildman–Crippen MR) is 119 cm³/mol. The molecule has 156 valence electrons. The van der Waals surface area contributed by atoms with E-state index < -0.39 is 0 Å². The molecule has 0 unspecified atom stereocenters. The SMILES string of the molecule is Cc1ccc(C(=O)N2CC[C@@]3(C2)NCc2ccccc2NC3=NC2CCCC2)cn1. The van der Waals surface area contributed by atoms with Gasteiger partial charge in [0.1, 0.15) is 5.84 Å². The Hall–Kier alpha value is -2.73. The molecule has 2 N–H and O–H groups in total. The number of amidine groups is 1. The van der Waals surface area contributed by atoms with Crippen LogP contribution in [0.4, 0.5) is 5.69 Å². The van der Waals surface area contributed by atoms with Crippen molar-refractivity contribution in [3.63, 3.8) is 0 Å². The van der Waals surface area contributed by atoms with Crippen molar-refractivity contribution in [3.05, 3.63) is 59.4 Å². The van der Waals surface area contributed by atoms with E-state index in [2.05, 4.69) is 39.9 Å². The lowest BCUT2D eigenvalue weighted by atomic mass is 9.96. The Morgan fingerprint density at radius 2 is 2.03 bits per heavy atom. The summed E-state index contributed by atoms with van der Waals surface area (Å²) in [5.41, 5.74) is 3.59. The summed E-state index contributed by atoms with van der Waals surface area (Å²) in [7, 11) is 0. The highest BCUT2D eigenvalue weighted by Gasteiger charge is 2.46. The van der Waals surface area contributed by atoms with Crippen LogP contribution in [0.15, 0.2) is 47.6 Å². The van der Waals surface area contributed by atoms with Crippen LogP contribution >= 0.6 is 0 Å². The summed E-state index contributed by atoms with van der Waals surface area (Å²) in [5, 5.41) is 7.44. The van der Waals surface area contributed by atoms with Crippen molar-refractivity contribution >= 4 is 17.4 Å². The number of rotatable bonds is 2.